The molecule has 0 aliphatic carbocycles. The number of hydrogen-bond donors (Lipinski definition) is 1. The number of thiazole rings is 1. The molecule has 0 aliphatic heterocycles. The highest BCUT2D eigenvalue weighted by atomic mass is 32.2. The third kappa shape index (κ3) is 4.52. The Labute approximate surface area is 187 Å². The maximum absolute atomic E-state index is 13.0. The van der Waals surface area contributed by atoms with E-state index < -0.39 is 0 Å². The summed E-state index contributed by atoms with van der Waals surface area (Å²) < 4.78 is 14.8. The topological polar surface area (TPSA) is 72.7 Å². The van der Waals surface area contributed by atoms with Crippen LogP contribution in [0.5, 0.6) is 0 Å². The summed E-state index contributed by atoms with van der Waals surface area (Å²) in [6.45, 7) is 4.05. The number of hydrogen-bond acceptors (Lipinski definition) is 6. The molecule has 0 atom stereocenters. The minimum absolute atomic E-state index is 0.219. The zero-order valence-electron chi connectivity index (χ0n) is 17.2. The fourth-order valence-electron chi connectivity index (χ4n) is 3.09. The molecule has 6 nitrogen and oxygen atoms in total. The van der Waals surface area contributed by atoms with Gasteiger partial charge in [-0.15, -0.1) is 28.2 Å². The fourth-order valence-corrected chi connectivity index (χ4v) is 4.56. The number of benzene rings is 2. The van der Waals surface area contributed by atoms with Crippen LogP contribution in [-0.2, 0) is 6.54 Å². The number of nitrogens with one attached hydrogen (secondary N) is 1. The molecule has 2 heterocycles. The number of rotatable bonds is 6. The first-order valence-electron chi connectivity index (χ1n) is 9.53. The molecular weight excluding hydrogens is 433 g/mol. The molecule has 0 aliphatic rings. The Kier molecular flexibility index (Phi) is 6.15. The number of thioether (sulfide) groups is 1. The van der Waals surface area contributed by atoms with E-state index in [1.807, 2.05) is 31.4 Å². The molecule has 0 unspecified atom stereocenters. The highest BCUT2D eigenvalue weighted by Crippen LogP contribution is 2.30. The molecule has 0 fully saturated rings. The number of amides is 1. The number of aromatic nitrogens is 4. The van der Waals surface area contributed by atoms with Gasteiger partial charge in [-0.2, -0.15) is 0 Å². The van der Waals surface area contributed by atoms with Crippen molar-refractivity contribution >= 4 is 29.0 Å². The number of halogens is 1. The summed E-state index contributed by atoms with van der Waals surface area (Å²) in [5, 5.41) is 12.1. The van der Waals surface area contributed by atoms with Crippen molar-refractivity contribution in [2.75, 3.05) is 6.26 Å². The average molecular weight is 454 g/mol. The van der Waals surface area contributed by atoms with Gasteiger partial charge in [-0.05, 0) is 56.0 Å². The smallest absolute Gasteiger partial charge is 0.263 e. The lowest BCUT2D eigenvalue weighted by atomic mass is 10.2. The second kappa shape index (κ2) is 8.99. The van der Waals surface area contributed by atoms with Crippen LogP contribution < -0.4 is 5.32 Å². The van der Waals surface area contributed by atoms with Crippen molar-refractivity contribution in [3.8, 4) is 16.4 Å². The molecule has 9 heteroatoms. The number of nitrogens with zero attached hydrogens (tertiary/aromatic N) is 4. The summed E-state index contributed by atoms with van der Waals surface area (Å²) in [4.78, 5) is 18.9. The molecule has 0 saturated carbocycles. The fraction of sp³-hybridized carbons (Fsp3) is 0.182. The standard InChI is InChI=1S/C22H20FN5OS2/c1-13-20(21(29)24-12-15-7-9-16(23)10-8-15)31-22(25-13)19-14(2)28(27-26-19)17-5-4-6-18(11-17)30-3/h4-11H,12H2,1-3H3,(H,24,29). The molecule has 2 aromatic heterocycles. The number of aryl methyl sites for hydroxylation is 1. The molecule has 1 amide bonds. The summed E-state index contributed by atoms with van der Waals surface area (Å²) in [5.41, 5.74) is 3.89. The highest BCUT2D eigenvalue weighted by Gasteiger charge is 2.20. The van der Waals surface area contributed by atoms with Gasteiger partial charge < -0.3 is 5.32 Å². The molecule has 2 aromatic carbocycles. The van der Waals surface area contributed by atoms with Crippen LogP contribution in [0.1, 0.15) is 26.6 Å². The average Bonchev–Trinajstić information content (AvgIpc) is 3.35. The van der Waals surface area contributed by atoms with Gasteiger partial charge in [0, 0.05) is 11.4 Å². The summed E-state index contributed by atoms with van der Waals surface area (Å²) >= 11 is 2.95. The molecule has 158 valence electrons. The largest absolute Gasteiger partial charge is 0.347 e. The van der Waals surface area contributed by atoms with Crippen molar-refractivity contribution in [3.63, 3.8) is 0 Å². The van der Waals surface area contributed by atoms with Gasteiger partial charge >= 0.3 is 0 Å². The van der Waals surface area contributed by atoms with E-state index in [2.05, 4.69) is 26.7 Å². The monoisotopic (exact) mass is 453 g/mol. The summed E-state index contributed by atoms with van der Waals surface area (Å²) in [7, 11) is 0. The molecule has 1 N–H and O–H groups in total. The quantitative estimate of drug-likeness (QED) is 0.425. The first kappa shape index (κ1) is 21.2. The molecular formula is C22H20FN5OS2. The predicted octanol–water partition coefficient (Wildman–Crippen LogP) is 4.80. The lowest BCUT2D eigenvalue weighted by Crippen LogP contribution is -2.22. The van der Waals surface area contributed by atoms with E-state index in [0.717, 1.165) is 21.8 Å². The van der Waals surface area contributed by atoms with E-state index in [1.165, 1.54) is 23.5 Å². The van der Waals surface area contributed by atoms with Crippen LogP contribution in [0.3, 0.4) is 0 Å². The Morgan fingerprint density at radius 1 is 1.19 bits per heavy atom. The zero-order chi connectivity index (χ0) is 22.0. The van der Waals surface area contributed by atoms with E-state index in [-0.39, 0.29) is 11.7 Å². The first-order valence-corrected chi connectivity index (χ1v) is 11.6. The van der Waals surface area contributed by atoms with Gasteiger partial charge in [0.15, 0.2) is 0 Å². The summed E-state index contributed by atoms with van der Waals surface area (Å²) in [5.74, 6) is -0.523. The van der Waals surface area contributed by atoms with E-state index in [4.69, 9.17) is 0 Å². The van der Waals surface area contributed by atoms with Crippen molar-refractivity contribution in [3.05, 3.63) is 76.2 Å². The van der Waals surface area contributed by atoms with Crippen LogP contribution in [0.15, 0.2) is 53.4 Å². The summed E-state index contributed by atoms with van der Waals surface area (Å²) in [6.07, 6.45) is 2.03. The van der Waals surface area contributed by atoms with Crippen LogP contribution in [0, 0.1) is 19.7 Å². The Morgan fingerprint density at radius 3 is 2.71 bits per heavy atom. The van der Waals surface area contributed by atoms with Crippen molar-refractivity contribution in [1.29, 1.82) is 0 Å². The van der Waals surface area contributed by atoms with Crippen molar-refractivity contribution in [1.82, 2.24) is 25.3 Å². The Balaban J connectivity index is 1.55. The maximum Gasteiger partial charge on any atom is 0.263 e. The number of carbonyl (C=O) groups excluding carboxylic acids is 1. The predicted molar refractivity (Wildman–Crippen MR) is 121 cm³/mol. The van der Waals surface area contributed by atoms with Gasteiger partial charge in [-0.3, -0.25) is 4.79 Å². The Bertz CT molecular complexity index is 1230. The van der Waals surface area contributed by atoms with Gasteiger partial charge in [0.05, 0.1) is 17.1 Å². The SMILES string of the molecule is CSc1cccc(-n2nnc(-c3nc(C)c(C(=O)NCc4ccc(F)cc4)s3)c2C)c1. The molecule has 4 aromatic rings. The highest BCUT2D eigenvalue weighted by molar-refractivity contribution is 7.98. The van der Waals surface area contributed by atoms with Crippen LogP contribution in [0.4, 0.5) is 4.39 Å². The second-order valence-corrected chi connectivity index (χ2v) is 8.76. The van der Waals surface area contributed by atoms with Crippen LogP contribution in [-0.4, -0.2) is 32.1 Å². The lowest BCUT2D eigenvalue weighted by Gasteiger charge is -2.05. The zero-order valence-corrected chi connectivity index (χ0v) is 18.9. The molecule has 0 saturated heterocycles. The molecule has 31 heavy (non-hydrogen) atoms. The minimum atomic E-state index is -0.304. The van der Waals surface area contributed by atoms with E-state index in [9.17, 15) is 9.18 Å². The second-order valence-electron chi connectivity index (χ2n) is 6.88. The van der Waals surface area contributed by atoms with E-state index in [0.29, 0.717) is 27.8 Å². The van der Waals surface area contributed by atoms with Crippen LogP contribution >= 0.6 is 23.1 Å². The summed E-state index contributed by atoms with van der Waals surface area (Å²) in [6, 6.07) is 14.1. The normalized spacial score (nSPS) is 11.0. The lowest BCUT2D eigenvalue weighted by molar-refractivity contribution is 0.0954. The first-order chi connectivity index (χ1) is 15.0. The number of carbonyl (C=O) groups is 1. The van der Waals surface area contributed by atoms with Gasteiger partial charge in [-0.1, -0.05) is 23.4 Å². The Hall–Kier alpha value is -3.04. The minimum Gasteiger partial charge on any atom is -0.347 e. The van der Waals surface area contributed by atoms with Gasteiger partial charge in [0.2, 0.25) is 0 Å². The van der Waals surface area contributed by atoms with Crippen LogP contribution in [0.25, 0.3) is 16.4 Å². The maximum atomic E-state index is 13.0. The van der Waals surface area contributed by atoms with Crippen molar-refractivity contribution < 1.29 is 9.18 Å². The molecule has 0 spiro atoms. The van der Waals surface area contributed by atoms with Crippen molar-refractivity contribution in [2.24, 2.45) is 0 Å². The molecule has 4 rings (SSSR count). The Morgan fingerprint density at radius 2 is 1.97 bits per heavy atom. The van der Waals surface area contributed by atoms with E-state index >= 15 is 0 Å². The van der Waals surface area contributed by atoms with Gasteiger partial charge in [0.1, 0.15) is 21.4 Å². The third-order valence-corrected chi connectivity index (χ3v) is 6.65. The molecule has 0 radical (unpaired) electrons. The molecule has 0 bridgehead atoms. The van der Waals surface area contributed by atoms with Crippen LogP contribution in [0.2, 0.25) is 0 Å². The van der Waals surface area contributed by atoms with E-state index in [1.54, 1.807) is 35.5 Å². The van der Waals surface area contributed by atoms with Crippen molar-refractivity contribution in [2.45, 2.75) is 25.3 Å². The van der Waals surface area contributed by atoms with Gasteiger partial charge in [-0.25, -0.2) is 14.1 Å². The third-order valence-electron chi connectivity index (χ3n) is 4.76. The van der Waals surface area contributed by atoms with Gasteiger partial charge in [0.25, 0.3) is 5.91 Å².